The van der Waals surface area contributed by atoms with Crippen molar-refractivity contribution in [2.24, 2.45) is 0 Å². The van der Waals surface area contributed by atoms with Crippen LogP contribution in [0.2, 0.25) is 0 Å². The minimum atomic E-state index is -0.582. The summed E-state index contributed by atoms with van der Waals surface area (Å²) in [5.74, 6) is 1.26. The molecule has 0 aliphatic carbocycles. The van der Waals surface area contributed by atoms with Crippen molar-refractivity contribution >= 4 is 5.91 Å². The van der Waals surface area contributed by atoms with Gasteiger partial charge in [-0.2, -0.15) is 0 Å². The van der Waals surface area contributed by atoms with Crippen molar-refractivity contribution in [2.45, 2.75) is 25.4 Å². The molecule has 0 saturated carbocycles. The summed E-state index contributed by atoms with van der Waals surface area (Å²) in [4.78, 5) is 39.6. The maximum atomic E-state index is 12.7. The number of hydrogen-bond acceptors (Lipinski definition) is 5. The number of aromatic nitrogens is 2. The Morgan fingerprint density at radius 1 is 1.15 bits per heavy atom. The van der Waals surface area contributed by atoms with Gasteiger partial charge in [0.1, 0.15) is 19.8 Å². The van der Waals surface area contributed by atoms with Crippen LogP contribution in [-0.2, 0) is 11.3 Å². The minimum Gasteiger partial charge on any atom is -0.486 e. The van der Waals surface area contributed by atoms with E-state index in [2.05, 4.69) is 4.98 Å². The summed E-state index contributed by atoms with van der Waals surface area (Å²) < 4.78 is 12.4. The lowest BCUT2D eigenvalue weighted by molar-refractivity contribution is -0.132. The first-order valence-electron chi connectivity index (χ1n) is 8.60. The molecule has 3 heterocycles. The molecule has 2 aliphatic rings. The average molecular weight is 357 g/mol. The molecule has 0 radical (unpaired) electrons. The van der Waals surface area contributed by atoms with E-state index in [1.54, 1.807) is 4.90 Å². The summed E-state index contributed by atoms with van der Waals surface area (Å²) in [6.07, 6.45) is 3.09. The SMILES string of the molecule is O=C(Cn1ccc(=O)[nH]c1=O)N1CCC[C@@H]1c1ccc2c(c1)OCCO2. The summed E-state index contributed by atoms with van der Waals surface area (Å²) in [7, 11) is 0. The van der Waals surface area contributed by atoms with Crippen LogP contribution in [0, 0.1) is 0 Å². The second-order valence-corrected chi connectivity index (χ2v) is 6.39. The van der Waals surface area contributed by atoms with Crippen molar-refractivity contribution in [1.82, 2.24) is 14.5 Å². The smallest absolute Gasteiger partial charge is 0.328 e. The van der Waals surface area contributed by atoms with Crippen molar-refractivity contribution in [3.8, 4) is 11.5 Å². The van der Waals surface area contributed by atoms with E-state index in [-0.39, 0.29) is 18.5 Å². The normalized spacial score (nSPS) is 18.8. The van der Waals surface area contributed by atoms with E-state index in [1.165, 1.54) is 16.8 Å². The van der Waals surface area contributed by atoms with Gasteiger partial charge in [-0.25, -0.2) is 4.79 Å². The Kier molecular flexibility index (Phi) is 4.24. The highest BCUT2D eigenvalue weighted by molar-refractivity contribution is 5.77. The van der Waals surface area contributed by atoms with Crippen molar-refractivity contribution < 1.29 is 14.3 Å². The van der Waals surface area contributed by atoms with Crippen molar-refractivity contribution in [1.29, 1.82) is 0 Å². The number of carbonyl (C=O) groups excluding carboxylic acids is 1. The van der Waals surface area contributed by atoms with Crippen LogP contribution in [0.5, 0.6) is 11.5 Å². The lowest BCUT2D eigenvalue weighted by Gasteiger charge is -2.27. The first-order chi connectivity index (χ1) is 12.6. The van der Waals surface area contributed by atoms with Gasteiger partial charge in [-0.1, -0.05) is 6.07 Å². The van der Waals surface area contributed by atoms with Gasteiger partial charge in [0.2, 0.25) is 5.91 Å². The van der Waals surface area contributed by atoms with Gasteiger partial charge in [0, 0.05) is 18.8 Å². The van der Waals surface area contributed by atoms with Gasteiger partial charge in [0.05, 0.1) is 6.04 Å². The predicted molar refractivity (Wildman–Crippen MR) is 92.4 cm³/mol. The van der Waals surface area contributed by atoms with Gasteiger partial charge >= 0.3 is 5.69 Å². The molecule has 1 fully saturated rings. The van der Waals surface area contributed by atoms with E-state index in [9.17, 15) is 14.4 Å². The molecule has 8 nitrogen and oxygen atoms in total. The van der Waals surface area contributed by atoms with Crippen molar-refractivity contribution in [3.63, 3.8) is 0 Å². The molecule has 1 atom stereocenters. The molecule has 0 bridgehead atoms. The van der Waals surface area contributed by atoms with Crippen LogP contribution >= 0.6 is 0 Å². The second-order valence-electron chi connectivity index (χ2n) is 6.39. The van der Waals surface area contributed by atoms with Gasteiger partial charge in [0.25, 0.3) is 5.56 Å². The molecule has 1 aromatic carbocycles. The molecule has 0 spiro atoms. The highest BCUT2D eigenvalue weighted by Crippen LogP contribution is 2.38. The summed E-state index contributed by atoms with van der Waals surface area (Å²) in [5.41, 5.74) is -0.0659. The third-order valence-corrected chi connectivity index (χ3v) is 4.73. The van der Waals surface area contributed by atoms with E-state index in [0.717, 1.165) is 24.2 Å². The minimum absolute atomic E-state index is 0.0585. The number of fused-ring (bicyclic) bond motifs is 1. The van der Waals surface area contributed by atoms with E-state index >= 15 is 0 Å². The Balaban J connectivity index is 1.55. The maximum Gasteiger partial charge on any atom is 0.328 e. The Bertz CT molecular complexity index is 948. The van der Waals surface area contributed by atoms with Crippen LogP contribution in [0.25, 0.3) is 0 Å². The Morgan fingerprint density at radius 3 is 2.77 bits per heavy atom. The number of ether oxygens (including phenoxy) is 2. The molecule has 4 rings (SSSR count). The Morgan fingerprint density at radius 2 is 1.96 bits per heavy atom. The van der Waals surface area contributed by atoms with Crippen LogP contribution in [0.3, 0.4) is 0 Å². The fourth-order valence-corrected chi connectivity index (χ4v) is 3.48. The van der Waals surface area contributed by atoms with Crippen LogP contribution in [0.4, 0.5) is 0 Å². The lowest BCUT2D eigenvalue weighted by Crippen LogP contribution is -2.38. The first-order valence-corrected chi connectivity index (χ1v) is 8.60. The number of carbonyl (C=O) groups is 1. The molecule has 0 unspecified atom stereocenters. The van der Waals surface area contributed by atoms with Gasteiger partial charge in [-0.3, -0.25) is 19.1 Å². The van der Waals surface area contributed by atoms with E-state index in [0.29, 0.717) is 25.5 Å². The van der Waals surface area contributed by atoms with Crippen LogP contribution in [0.1, 0.15) is 24.4 Å². The number of rotatable bonds is 3. The average Bonchev–Trinajstić information content (AvgIpc) is 3.13. The molecule has 8 heteroatoms. The van der Waals surface area contributed by atoms with E-state index < -0.39 is 11.2 Å². The number of H-pyrrole nitrogens is 1. The molecule has 1 saturated heterocycles. The summed E-state index contributed by atoms with van der Waals surface area (Å²) in [6.45, 7) is 1.58. The zero-order valence-corrected chi connectivity index (χ0v) is 14.1. The van der Waals surface area contributed by atoms with Gasteiger partial charge < -0.3 is 14.4 Å². The number of amides is 1. The standard InChI is InChI=1S/C18H19N3O5/c22-16-5-7-20(18(24)19-16)11-17(23)21-6-1-2-13(21)12-3-4-14-15(10-12)26-9-8-25-14/h3-5,7,10,13H,1-2,6,8-9,11H2,(H,19,22,24)/t13-/m1/s1. The molecule has 1 aromatic heterocycles. The third-order valence-electron chi connectivity index (χ3n) is 4.73. The highest BCUT2D eigenvalue weighted by atomic mass is 16.6. The fraction of sp³-hybridized carbons (Fsp3) is 0.389. The number of aromatic amines is 1. The molecule has 2 aliphatic heterocycles. The quantitative estimate of drug-likeness (QED) is 0.871. The number of benzene rings is 1. The van der Waals surface area contributed by atoms with E-state index in [4.69, 9.17) is 9.47 Å². The molecule has 136 valence electrons. The summed E-state index contributed by atoms with van der Waals surface area (Å²) in [6, 6.07) is 6.93. The largest absolute Gasteiger partial charge is 0.486 e. The number of hydrogen-bond donors (Lipinski definition) is 1. The van der Waals surface area contributed by atoms with Gasteiger partial charge in [-0.15, -0.1) is 0 Å². The first kappa shape index (κ1) is 16.4. The molecule has 1 N–H and O–H groups in total. The van der Waals surface area contributed by atoms with Crippen molar-refractivity contribution in [2.75, 3.05) is 19.8 Å². The Labute approximate surface area is 149 Å². The molecule has 1 amide bonds. The number of nitrogens with zero attached hydrogens (tertiary/aromatic N) is 2. The molecule has 2 aromatic rings. The maximum absolute atomic E-state index is 12.7. The highest BCUT2D eigenvalue weighted by Gasteiger charge is 2.31. The Hall–Kier alpha value is -3.03. The predicted octanol–water partition coefficient (Wildman–Crippen LogP) is 0.671. The monoisotopic (exact) mass is 357 g/mol. The lowest BCUT2D eigenvalue weighted by atomic mass is 10.0. The number of nitrogens with one attached hydrogen (secondary N) is 1. The third kappa shape index (κ3) is 3.10. The number of likely N-dealkylation sites (tertiary alicyclic amines) is 1. The van der Waals surface area contributed by atoms with Crippen LogP contribution in [0.15, 0.2) is 40.1 Å². The summed E-state index contributed by atoms with van der Waals surface area (Å²) in [5, 5.41) is 0. The van der Waals surface area contributed by atoms with Gasteiger partial charge in [-0.05, 0) is 30.5 Å². The molecule has 26 heavy (non-hydrogen) atoms. The second kappa shape index (κ2) is 6.70. The zero-order chi connectivity index (χ0) is 18.1. The molecular formula is C18H19N3O5. The molecular weight excluding hydrogens is 338 g/mol. The van der Waals surface area contributed by atoms with Crippen molar-refractivity contribution in [3.05, 3.63) is 56.9 Å². The summed E-state index contributed by atoms with van der Waals surface area (Å²) >= 11 is 0. The van der Waals surface area contributed by atoms with Crippen LogP contribution in [-0.4, -0.2) is 40.1 Å². The van der Waals surface area contributed by atoms with Gasteiger partial charge in [0.15, 0.2) is 11.5 Å². The zero-order valence-electron chi connectivity index (χ0n) is 14.1. The topological polar surface area (TPSA) is 93.6 Å². The van der Waals surface area contributed by atoms with Crippen LogP contribution < -0.4 is 20.7 Å². The van der Waals surface area contributed by atoms with E-state index in [1.807, 2.05) is 18.2 Å². The fourth-order valence-electron chi connectivity index (χ4n) is 3.48.